The Bertz CT molecular complexity index is 571. The van der Waals surface area contributed by atoms with Gasteiger partial charge in [-0.15, -0.1) is 0 Å². The van der Waals surface area contributed by atoms with Gasteiger partial charge in [0.25, 0.3) is 0 Å². The number of hydrogen-bond acceptors (Lipinski definition) is 5. The average Bonchev–Trinajstić information content (AvgIpc) is 2.46. The third kappa shape index (κ3) is 3.68. The Morgan fingerprint density at radius 3 is 2.42 bits per heavy atom. The lowest BCUT2D eigenvalue weighted by molar-refractivity contribution is 1.07. The van der Waals surface area contributed by atoms with E-state index in [4.69, 9.17) is 5.26 Å². The minimum Gasteiger partial charge on any atom is -0.369 e. The van der Waals surface area contributed by atoms with Crippen LogP contribution in [0.1, 0.15) is 18.1 Å². The van der Waals surface area contributed by atoms with Crippen LogP contribution >= 0.6 is 0 Å². The van der Waals surface area contributed by atoms with Crippen LogP contribution in [0.15, 0.2) is 36.7 Å². The molecule has 0 radical (unpaired) electrons. The fourth-order valence-electron chi connectivity index (χ4n) is 1.61. The van der Waals surface area contributed by atoms with Gasteiger partial charge in [-0.1, -0.05) is 12.1 Å². The number of benzene rings is 1. The second kappa shape index (κ2) is 6.36. The van der Waals surface area contributed by atoms with E-state index < -0.39 is 0 Å². The first-order valence-corrected chi connectivity index (χ1v) is 6.10. The highest BCUT2D eigenvalue weighted by Gasteiger charge is 1.98. The van der Waals surface area contributed by atoms with Gasteiger partial charge in [-0.05, 0) is 24.6 Å². The summed E-state index contributed by atoms with van der Waals surface area (Å²) in [4.78, 5) is 8.49. The van der Waals surface area contributed by atoms with Crippen molar-refractivity contribution < 1.29 is 0 Å². The van der Waals surface area contributed by atoms with Gasteiger partial charge in [0.2, 0.25) is 0 Å². The van der Waals surface area contributed by atoms with Crippen molar-refractivity contribution in [3.63, 3.8) is 0 Å². The molecule has 0 amide bonds. The predicted molar refractivity (Wildman–Crippen MR) is 74.7 cm³/mol. The van der Waals surface area contributed by atoms with Crippen LogP contribution in [0.25, 0.3) is 0 Å². The lowest BCUT2D eigenvalue weighted by atomic mass is 10.1. The number of hydrogen-bond donors (Lipinski definition) is 2. The summed E-state index contributed by atoms with van der Waals surface area (Å²) in [6, 6.07) is 9.55. The maximum absolute atomic E-state index is 8.73. The summed E-state index contributed by atoms with van der Waals surface area (Å²) in [5.41, 5.74) is 1.76. The predicted octanol–water partition coefficient (Wildman–Crippen LogP) is 2.39. The van der Waals surface area contributed by atoms with E-state index in [1.807, 2.05) is 19.1 Å². The maximum Gasteiger partial charge on any atom is 0.147 e. The Labute approximate surface area is 112 Å². The number of rotatable bonds is 5. The van der Waals surface area contributed by atoms with Crippen LogP contribution < -0.4 is 10.6 Å². The van der Waals surface area contributed by atoms with Crippen molar-refractivity contribution in [2.75, 3.05) is 17.2 Å². The first kappa shape index (κ1) is 12.8. The molecule has 1 heterocycles. The molecule has 0 aliphatic carbocycles. The smallest absolute Gasteiger partial charge is 0.147 e. The van der Waals surface area contributed by atoms with E-state index >= 15 is 0 Å². The van der Waals surface area contributed by atoms with Crippen molar-refractivity contribution in [1.82, 2.24) is 9.97 Å². The quantitative estimate of drug-likeness (QED) is 0.855. The normalized spacial score (nSPS) is 9.68. The molecule has 5 heteroatoms. The minimum atomic E-state index is 0.649. The van der Waals surface area contributed by atoms with Crippen LogP contribution in [0.2, 0.25) is 0 Å². The van der Waals surface area contributed by atoms with Gasteiger partial charge >= 0.3 is 0 Å². The lowest BCUT2D eigenvalue weighted by Crippen LogP contribution is -2.05. The van der Waals surface area contributed by atoms with Crippen LogP contribution in [-0.2, 0) is 6.54 Å². The van der Waals surface area contributed by atoms with Gasteiger partial charge in [0.15, 0.2) is 0 Å². The Hall–Kier alpha value is -2.61. The molecule has 0 aliphatic rings. The molecule has 2 aromatic rings. The van der Waals surface area contributed by atoms with E-state index in [9.17, 15) is 0 Å². The monoisotopic (exact) mass is 253 g/mol. The van der Waals surface area contributed by atoms with Crippen LogP contribution in [0.5, 0.6) is 0 Å². The second-order valence-electron chi connectivity index (χ2n) is 3.98. The Balaban J connectivity index is 1.97. The number of nitrogens with zero attached hydrogens (tertiary/aromatic N) is 3. The van der Waals surface area contributed by atoms with Gasteiger partial charge in [-0.25, -0.2) is 4.98 Å². The molecule has 96 valence electrons. The van der Waals surface area contributed by atoms with Gasteiger partial charge in [-0.3, -0.25) is 4.98 Å². The highest BCUT2D eigenvalue weighted by atomic mass is 15.1. The zero-order valence-corrected chi connectivity index (χ0v) is 10.7. The number of nitriles is 1. The number of anilines is 2. The van der Waals surface area contributed by atoms with E-state index in [1.165, 1.54) is 0 Å². The molecule has 1 aromatic carbocycles. The fraction of sp³-hybridized carbons (Fsp3) is 0.214. The lowest BCUT2D eigenvalue weighted by Gasteiger charge is -2.07. The molecule has 1 aromatic heterocycles. The van der Waals surface area contributed by atoms with Gasteiger partial charge in [0, 0.05) is 13.1 Å². The Morgan fingerprint density at radius 2 is 1.79 bits per heavy atom. The molecule has 0 saturated heterocycles. The van der Waals surface area contributed by atoms with Crippen molar-refractivity contribution in [2.24, 2.45) is 0 Å². The summed E-state index contributed by atoms with van der Waals surface area (Å²) in [5.74, 6) is 1.48. The average molecular weight is 253 g/mol. The standard InChI is InChI=1S/C14H15N5/c1-2-17-13-9-16-10-14(19-13)18-8-12-5-3-11(7-15)4-6-12/h3-6,9-10H,2,8H2,1H3,(H2,17,18,19). The van der Waals surface area contributed by atoms with Crippen molar-refractivity contribution in [1.29, 1.82) is 5.26 Å². The van der Waals surface area contributed by atoms with Crippen LogP contribution in [0, 0.1) is 11.3 Å². The molecule has 0 unspecified atom stereocenters. The summed E-state index contributed by atoms with van der Waals surface area (Å²) in [7, 11) is 0. The second-order valence-corrected chi connectivity index (χ2v) is 3.98. The Morgan fingerprint density at radius 1 is 1.11 bits per heavy atom. The summed E-state index contributed by atoms with van der Waals surface area (Å²) in [6.07, 6.45) is 3.38. The molecular weight excluding hydrogens is 238 g/mol. The molecule has 0 saturated carbocycles. The van der Waals surface area contributed by atoms with Crippen molar-refractivity contribution >= 4 is 11.6 Å². The van der Waals surface area contributed by atoms with Gasteiger partial charge in [0.05, 0.1) is 24.0 Å². The molecule has 2 rings (SSSR count). The van der Waals surface area contributed by atoms with E-state index in [0.717, 1.165) is 23.7 Å². The third-order valence-corrected chi connectivity index (χ3v) is 2.55. The SMILES string of the molecule is CCNc1cncc(NCc2ccc(C#N)cc2)n1. The van der Waals surface area contributed by atoms with Gasteiger partial charge in [0.1, 0.15) is 11.6 Å². The molecule has 0 fully saturated rings. The maximum atomic E-state index is 8.73. The molecule has 2 N–H and O–H groups in total. The highest BCUT2D eigenvalue weighted by Crippen LogP contribution is 2.09. The first-order chi connectivity index (χ1) is 9.31. The molecule has 0 aliphatic heterocycles. The Kier molecular flexibility index (Phi) is 4.29. The molecule has 5 nitrogen and oxygen atoms in total. The number of nitrogens with one attached hydrogen (secondary N) is 2. The molecule has 19 heavy (non-hydrogen) atoms. The van der Waals surface area contributed by atoms with E-state index in [0.29, 0.717) is 12.1 Å². The number of aromatic nitrogens is 2. The fourth-order valence-corrected chi connectivity index (χ4v) is 1.61. The van der Waals surface area contributed by atoms with Gasteiger partial charge in [-0.2, -0.15) is 5.26 Å². The van der Waals surface area contributed by atoms with E-state index in [1.54, 1.807) is 24.5 Å². The van der Waals surface area contributed by atoms with Crippen LogP contribution in [-0.4, -0.2) is 16.5 Å². The highest BCUT2D eigenvalue weighted by molar-refractivity contribution is 5.42. The van der Waals surface area contributed by atoms with Crippen molar-refractivity contribution in [3.8, 4) is 6.07 Å². The van der Waals surface area contributed by atoms with Crippen molar-refractivity contribution in [2.45, 2.75) is 13.5 Å². The molecule has 0 bridgehead atoms. The molecule has 0 atom stereocenters. The molecular formula is C14H15N5. The van der Waals surface area contributed by atoms with Crippen LogP contribution in [0.3, 0.4) is 0 Å². The zero-order valence-electron chi connectivity index (χ0n) is 10.7. The summed E-state index contributed by atoms with van der Waals surface area (Å²) in [5, 5.41) is 15.0. The van der Waals surface area contributed by atoms with E-state index in [2.05, 4.69) is 26.7 Å². The zero-order chi connectivity index (χ0) is 13.5. The third-order valence-electron chi connectivity index (χ3n) is 2.55. The van der Waals surface area contributed by atoms with Crippen LogP contribution in [0.4, 0.5) is 11.6 Å². The van der Waals surface area contributed by atoms with E-state index in [-0.39, 0.29) is 0 Å². The first-order valence-electron chi connectivity index (χ1n) is 6.10. The van der Waals surface area contributed by atoms with Gasteiger partial charge < -0.3 is 10.6 Å². The topological polar surface area (TPSA) is 73.6 Å². The summed E-state index contributed by atoms with van der Waals surface area (Å²) < 4.78 is 0. The van der Waals surface area contributed by atoms with Crippen molar-refractivity contribution in [3.05, 3.63) is 47.8 Å². The summed E-state index contributed by atoms with van der Waals surface area (Å²) in [6.45, 7) is 3.47. The molecule has 0 spiro atoms. The largest absolute Gasteiger partial charge is 0.369 e. The summed E-state index contributed by atoms with van der Waals surface area (Å²) >= 11 is 0. The minimum absolute atomic E-state index is 0.649.